The van der Waals surface area contributed by atoms with E-state index in [1.807, 2.05) is 30.3 Å². The third kappa shape index (κ3) is 4.89. The van der Waals surface area contributed by atoms with Crippen molar-refractivity contribution in [3.8, 4) is 73.3 Å². The Kier molecular flexibility index (Phi) is 7.49. The molecule has 0 radical (unpaired) electrons. The van der Waals surface area contributed by atoms with Gasteiger partial charge in [0.1, 0.15) is 11.9 Å². The van der Waals surface area contributed by atoms with Crippen molar-refractivity contribution < 1.29 is 4.74 Å². The van der Waals surface area contributed by atoms with Crippen LogP contribution in [0.25, 0.3) is 67.5 Å². The molecule has 4 heteroatoms. The van der Waals surface area contributed by atoms with Crippen molar-refractivity contribution in [2.24, 2.45) is 0 Å². The van der Waals surface area contributed by atoms with Crippen LogP contribution in [0.3, 0.4) is 0 Å². The maximum atomic E-state index is 7.21. The van der Waals surface area contributed by atoms with Gasteiger partial charge in [-0.1, -0.05) is 194 Å². The van der Waals surface area contributed by atoms with E-state index in [1.165, 1.54) is 27.8 Å². The molecule has 3 aliphatic rings. The number of rotatable bonds is 5. The van der Waals surface area contributed by atoms with Crippen LogP contribution in [0, 0.1) is 0 Å². The van der Waals surface area contributed by atoms with Crippen LogP contribution in [0.2, 0.25) is 0 Å². The molecule has 11 rings (SSSR count). The highest BCUT2D eigenvalue weighted by atomic mass is 16.5. The quantitative estimate of drug-likeness (QED) is 0.178. The lowest BCUT2D eigenvalue weighted by Gasteiger charge is -2.45. The zero-order chi connectivity index (χ0) is 37.1. The fraction of sp³-hybridized carbons (Fsp3) is 0.0577. The van der Waals surface area contributed by atoms with E-state index in [0.29, 0.717) is 17.5 Å². The molecule has 56 heavy (non-hydrogen) atoms. The fourth-order valence-electron chi connectivity index (χ4n) is 9.19. The van der Waals surface area contributed by atoms with Crippen molar-refractivity contribution in [2.45, 2.75) is 17.9 Å². The minimum atomic E-state index is -0.497. The van der Waals surface area contributed by atoms with Gasteiger partial charge in [-0.2, -0.15) is 0 Å². The van der Waals surface area contributed by atoms with E-state index >= 15 is 0 Å². The Labute approximate surface area is 326 Å². The lowest BCUT2D eigenvalue weighted by molar-refractivity contribution is 0.206. The van der Waals surface area contributed by atoms with E-state index in [0.717, 1.165) is 56.7 Å². The average molecular weight is 718 g/mol. The molecule has 0 fully saturated rings. The Hall–Kier alpha value is -7.17. The summed E-state index contributed by atoms with van der Waals surface area (Å²) in [5.74, 6) is 2.75. The van der Waals surface area contributed by atoms with Crippen molar-refractivity contribution in [3.63, 3.8) is 0 Å². The first-order chi connectivity index (χ1) is 27.8. The number of aromatic nitrogens is 3. The molecule has 2 aliphatic carbocycles. The smallest absolute Gasteiger partial charge is 0.164 e. The van der Waals surface area contributed by atoms with Crippen LogP contribution < -0.4 is 4.74 Å². The Balaban J connectivity index is 1.15. The summed E-state index contributed by atoms with van der Waals surface area (Å²) in [6.45, 7) is 0. The van der Waals surface area contributed by atoms with E-state index in [4.69, 9.17) is 19.7 Å². The maximum Gasteiger partial charge on any atom is 0.164 e. The molecule has 1 aromatic heterocycles. The summed E-state index contributed by atoms with van der Waals surface area (Å²) in [7, 11) is 0. The Morgan fingerprint density at radius 1 is 0.411 bits per heavy atom. The van der Waals surface area contributed by atoms with Gasteiger partial charge in [-0.05, 0) is 44.5 Å². The van der Waals surface area contributed by atoms with Crippen LogP contribution in [-0.2, 0) is 5.41 Å². The summed E-state index contributed by atoms with van der Waals surface area (Å²) in [6, 6.07) is 61.9. The molecular formula is C52H35N3O. The summed E-state index contributed by atoms with van der Waals surface area (Å²) in [4.78, 5) is 15.6. The normalized spacial score (nSPS) is 15.6. The minimum Gasteiger partial charge on any atom is -0.485 e. The van der Waals surface area contributed by atoms with Crippen LogP contribution >= 0.6 is 0 Å². The molecule has 4 nitrogen and oxygen atoms in total. The zero-order valence-electron chi connectivity index (χ0n) is 30.5. The summed E-state index contributed by atoms with van der Waals surface area (Å²) in [6.07, 6.45) is 7.39. The standard InChI is InChI=1S/C52H35N3O/c1-3-18-34(19-4-1)36-22-7-9-26-41(36)50-53-49(35-20-5-2-6-21-35)54-51(55-50)42-27-10-8-23-37(42)40-28-17-32-46-48(40)56-47-33-16-15-31-45(47)52(46)43-29-13-11-24-38(43)39-25-12-14-30-44(39)52/h1-32,47H,33H2. The van der Waals surface area contributed by atoms with Gasteiger partial charge in [-0.15, -0.1) is 0 Å². The molecular weight excluding hydrogens is 683 g/mol. The summed E-state index contributed by atoms with van der Waals surface area (Å²) >= 11 is 0. The fourth-order valence-corrected chi connectivity index (χ4v) is 9.19. The molecule has 1 aliphatic heterocycles. The zero-order valence-corrected chi connectivity index (χ0v) is 30.5. The largest absolute Gasteiger partial charge is 0.485 e. The highest BCUT2D eigenvalue weighted by molar-refractivity contribution is 5.92. The van der Waals surface area contributed by atoms with Gasteiger partial charge in [0, 0.05) is 34.2 Å². The highest BCUT2D eigenvalue weighted by Crippen LogP contribution is 2.62. The summed E-state index contributed by atoms with van der Waals surface area (Å²) < 4.78 is 7.21. The molecule has 0 saturated heterocycles. The average Bonchev–Trinajstić information content (AvgIpc) is 3.57. The minimum absolute atomic E-state index is 0.122. The Morgan fingerprint density at radius 2 is 0.893 bits per heavy atom. The first-order valence-electron chi connectivity index (χ1n) is 19.2. The second-order valence-electron chi connectivity index (χ2n) is 14.5. The van der Waals surface area contributed by atoms with Crippen LogP contribution in [0.15, 0.2) is 200 Å². The number of allylic oxidation sites excluding steroid dienone is 2. The van der Waals surface area contributed by atoms with Crippen LogP contribution in [0.5, 0.6) is 5.75 Å². The van der Waals surface area contributed by atoms with E-state index in [9.17, 15) is 0 Å². The monoisotopic (exact) mass is 717 g/mol. The molecule has 7 aromatic carbocycles. The number of nitrogens with zero attached hydrogens (tertiary/aromatic N) is 3. The van der Waals surface area contributed by atoms with E-state index in [-0.39, 0.29) is 6.10 Å². The molecule has 8 aromatic rings. The third-order valence-corrected chi connectivity index (χ3v) is 11.6. The molecule has 0 amide bonds. The van der Waals surface area contributed by atoms with Gasteiger partial charge in [0.2, 0.25) is 0 Å². The van der Waals surface area contributed by atoms with Gasteiger partial charge >= 0.3 is 0 Å². The number of ether oxygens (including phenoxy) is 1. The Morgan fingerprint density at radius 3 is 1.55 bits per heavy atom. The van der Waals surface area contributed by atoms with E-state index < -0.39 is 5.41 Å². The first-order valence-corrected chi connectivity index (χ1v) is 19.2. The molecule has 0 bridgehead atoms. The molecule has 2 heterocycles. The van der Waals surface area contributed by atoms with Crippen molar-refractivity contribution in [3.05, 3.63) is 216 Å². The molecule has 264 valence electrons. The molecule has 1 spiro atoms. The second-order valence-corrected chi connectivity index (χ2v) is 14.5. The third-order valence-electron chi connectivity index (χ3n) is 11.6. The predicted molar refractivity (Wildman–Crippen MR) is 225 cm³/mol. The second kappa shape index (κ2) is 13.0. The van der Waals surface area contributed by atoms with Gasteiger partial charge < -0.3 is 4.74 Å². The van der Waals surface area contributed by atoms with Crippen LogP contribution in [-0.4, -0.2) is 21.1 Å². The van der Waals surface area contributed by atoms with Crippen molar-refractivity contribution in [1.29, 1.82) is 0 Å². The SMILES string of the molecule is C1=CCC2Oc3c(-c4ccccc4-c4nc(-c5ccccc5)nc(-c5ccccc5-c5ccccc5)n4)cccc3C3(C2=C1)c1ccccc1-c1ccccc13. The maximum absolute atomic E-state index is 7.21. The first kappa shape index (κ1) is 32.3. The number of hydrogen-bond acceptors (Lipinski definition) is 4. The lowest BCUT2D eigenvalue weighted by Crippen LogP contribution is -2.42. The summed E-state index contributed by atoms with van der Waals surface area (Å²) in [5, 5.41) is 0. The molecule has 1 atom stereocenters. The van der Waals surface area contributed by atoms with Crippen molar-refractivity contribution in [1.82, 2.24) is 15.0 Å². The number of fused-ring (bicyclic) bond motifs is 9. The van der Waals surface area contributed by atoms with Gasteiger partial charge in [-0.3, -0.25) is 0 Å². The number of benzene rings is 7. The highest BCUT2D eigenvalue weighted by Gasteiger charge is 2.54. The molecule has 1 unspecified atom stereocenters. The van der Waals surface area contributed by atoms with Gasteiger partial charge in [0.05, 0.1) is 5.41 Å². The molecule has 0 saturated carbocycles. The molecule has 0 N–H and O–H groups in total. The topological polar surface area (TPSA) is 47.9 Å². The van der Waals surface area contributed by atoms with Crippen molar-refractivity contribution in [2.75, 3.05) is 0 Å². The lowest BCUT2D eigenvalue weighted by atomic mass is 9.62. The van der Waals surface area contributed by atoms with Gasteiger partial charge in [0.15, 0.2) is 17.5 Å². The van der Waals surface area contributed by atoms with Gasteiger partial charge in [-0.25, -0.2) is 15.0 Å². The van der Waals surface area contributed by atoms with Crippen LogP contribution in [0.4, 0.5) is 0 Å². The Bertz CT molecular complexity index is 2830. The van der Waals surface area contributed by atoms with Crippen LogP contribution in [0.1, 0.15) is 23.1 Å². The van der Waals surface area contributed by atoms with Gasteiger partial charge in [0.25, 0.3) is 0 Å². The number of para-hydroxylation sites is 1. The van der Waals surface area contributed by atoms with E-state index in [1.54, 1.807) is 0 Å². The number of hydrogen-bond donors (Lipinski definition) is 0. The van der Waals surface area contributed by atoms with Crippen molar-refractivity contribution >= 4 is 0 Å². The summed E-state index contributed by atoms with van der Waals surface area (Å²) in [5.41, 5.74) is 14.1. The van der Waals surface area contributed by atoms with E-state index in [2.05, 4.69) is 164 Å². The predicted octanol–water partition coefficient (Wildman–Crippen LogP) is 12.2.